The first-order valence-corrected chi connectivity index (χ1v) is 11.4. The molecule has 0 aliphatic rings. The highest BCUT2D eigenvalue weighted by molar-refractivity contribution is 9.10. The van der Waals surface area contributed by atoms with Crippen LogP contribution in [0.1, 0.15) is 41.7 Å². The van der Waals surface area contributed by atoms with E-state index in [1.165, 1.54) is 6.07 Å². The van der Waals surface area contributed by atoms with Gasteiger partial charge in [0.1, 0.15) is 0 Å². The van der Waals surface area contributed by atoms with Crippen LogP contribution in [0, 0.1) is 0 Å². The summed E-state index contributed by atoms with van der Waals surface area (Å²) in [6.45, 7) is 4.36. The van der Waals surface area contributed by atoms with E-state index in [1.54, 1.807) is 0 Å². The minimum Gasteiger partial charge on any atom is -0.376 e. The Labute approximate surface area is 172 Å². The fourth-order valence-electron chi connectivity index (χ4n) is 3.06. The summed E-state index contributed by atoms with van der Waals surface area (Å²) < 4.78 is 45.9. The molecule has 0 saturated heterocycles. The summed E-state index contributed by atoms with van der Waals surface area (Å²) in [5.74, 6) is 0. The van der Waals surface area contributed by atoms with Gasteiger partial charge >= 0.3 is 13.3 Å². The van der Waals surface area contributed by atoms with Crippen LogP contribution in [0.25, 0.3) is 0 Å². The third-order valence-corrected chi connectivity index (χ3v) is 6.50. The molecule has 0 saturated carbocycles. The first-order valence-electron chi connectivity index (χ1n) is 9.02. The fourth-order valence-corrected chi connectivity index (χ4v) is 4.59. The van der Waals surface area contributed by atoms with E-state index < -0.39 is 18.8 Å². The zero-order valence-corrected chi connectivity index (χ0v) is 18.3. The molecular weight excluding hydrogens is 453 g/mol. The van der Waals surface area contributed by atoms with Crippen molar-refractivity contribution >= 4 is 23.5 Å². The summed E-state index contributed by atoms with van der Waals surface area (Å²) in [5, 5.41) is 0. The number of rotatable bonds is 9. The number of aryl methyl sites for hydroxylation is 1. The Morgan fingerprint density at radius 1 is 1.11 bits per heavy atom. The molecule has 8 heteroatoms. The van der Waals surface area contributed by atoms with Gasteiger partial charge in [0, 0.05) is 10.0 Å². The van der Waals surface area contributed by atoms with Gasteiger partial charge in [-0.2, -0.15) is 8.78 Å². The predicted molar refractivity (Wildman–Crippen MR) is 109 cm³/mol. The first-order chi connectivity index (χ1) is 13.1. The van der Waals surface area contributed by atoms with Gasteiger partial charge in [-0.25, -0.2) is 0 Å². The van der Waals surface area contributed by atoms with Crippen LogP contribution < -0.4 is 0 Å². The number of halogens is 3. The zero-order valence-electron chi connectivity index (χ0n) is 15.8. The maximum absolute atomic E-state index is 14.4. The van der Waals surface area contributed by atoms with Gasteiger partial charge in [-0.05, 0) is 63.5 Å². The van der Waals surface area contributed by atoms with Crippen molar-refractivity contribution in [3.8, 4) is 0 Å². The van der Waals surface area contributed by atoms with Crippen LogP contribution in [0.5, 0.6) is 0 Å². The van der Waals surface area contributed by atoms with Crippen molar-refractivity contribution in [1.82, 2.24) is 0 Å². The minimum absolute atomic E-state index is 0.0298. The fraction of sp³-hybridized carbons (Fsp3) is 0.400. The average Bonchev–Trinajstić information content (AvgIpc) is 2.65. The van der Waals surface area contributed by atoms with Crippen LogP contribution in [0.4, 0.5) is 8.78 Å². The van der Waals surface area contributed by atoms with Crippen LogP contribution in [-0.4, -0.2) is 16.4 Å². The molecule has 0 fully saturated rings. The van der Waals surface area contributed by atoms with Gasteiger partial charge in [0.25, 0.3) is 0 Å². The van der Waals surface area contributed by atoms with Crippen molar-refractivity contribution < 1.29 is 27.9 Å². The Morgan fingerprint density at radius 3 is 2.29 bits per heavy atom. The third-order valence-electron chi connectivity index (χ3n) is 4.62. The smallest absolute Gasteiger partial charge is 0.376 e. The molecule has 28 heavy (non-hydrogen) atoms. The van der Waals surface area contributed by atoms with E-state index in [-0.39, 0.29) is 11.1 Å². The van der Waals surface area contributed by atoms with Crippen molar-refractivity contribution in [1.29, 1.82) is 0 Å². The lowest BCUT2D eigenvalue weighted by molar-refractivity contribution is 0.0554. The Bertz CT molecular complexity index is 853. The van der Waals surface area contributed by atoms with E-state index in [0.717, 1.165) is 17.5 Å². The van der Waals surface area contributed by atoms with E-state index in [4.69, 9.17) is 14.5 Å². The van der Waals surface area contributed by atoms with E-state index >= 15 is 0 Å². The minimum atomic E-state index is -5.65. The summed E-state index contributed by atoms with van der Waals surface area (Å²) in [6, 6.07) is 11.0. The van der Waals surface area contributed by atoms with Gasteiger partial charge in [-0.15, -0.1) is 0 Å². The number of hydrogen-bond donors (Lipinski definition) is 2. The molecule has 0 amide bonds. The molecular formula is C20H24BrF2O4P. The number of benzene rings is 2. The molecule has 0 bridgehead atoms. The SMILES string of the molecule is CCc1cc(C(F)(F)P(=O)(O)O)c(Br)c(CC)c1COCCc1ccccc1. The van der Waals surface area contributed by atoms with Crippen molar-refractivity contribution in [2.24, 2.45) is 0 Å². The van der Waals surface area contributed by atoms with Gasteiger partial charge in [0.15, 0.2) is 0 Å². The molecule has 2 aromatic carbocycles. The van der Waals surface area contributed by atoms with Crippen molar-refractivity contribution in [3.05, 3.63) is 68.7 Å². The monoisotopic (exact) mass is 476 g/mol. The number of hydrogen-bond acceptors (Lipinski definition) is 2. The van der Waals surface area contributed by atoms with E-state index in [2.05, 4.69) is 15.9 Å². The molecule has 0 aliphatic carbocycles. The maximum Gasteiger partial charge on any atom is 0.399 e. The van der Waals surface area contributed by atoms with Crippen molar-refractivity contribution in [2.75, 3.05) is 6.61 Å². The quantitative estimate of drug-likeness (QED) is 0.367. The summed E-state index contributed by atoms with van der Waals surface area (Å²) >= 11 is 3.15. The van der Waals surface area contributed by atoms with Crippen molar-refractivity contribution in [2.45, 2.75) is 45.4 Å². The lowest BCUT2D eigenvalue weighted by Gasteiger charge is -2.24. The summed E-state index contributed by atoms with van der Waals surface area (Å²) in [6.07, 6.45) is 1.61. The summed E-state index contributed by atoms with van der Waals surface area (Å²) in [7, 11) is -5.65. The molecule has 0 aromatic heterocycles. The molecule has 2 rings (SSSR count). The van der Waals surface area contributed by atoms with Gasteiger partial charge in [-0.3, -0.25) is 4.57 Å². The van der Waals surface area contributed by atoms with Crippen LogP contribution in [0.2, 0.25) is 0 Å². The summed E-state index contributed by atoms with van der Waals surface area (Å²) in [4.78, 5) is 18.2. The topological polar surface area (TPSA) is 66.8 Å². The third kappa shape index (κ3) is 5.08. The predicted octanol–water partition coefficient (Wildman–Crippen LogP) is 5.56. The van der Waals surface area contributed by atoms with Gasteiger partial charge in [0.2, 0.25) is 0 Å². The van der Waals surface area contributed by atoms with Crippen LogP contribution >= 0.6 is 23.5 Å². The van der Waals surface area contributed by atoms with Crippen LogP contribution in [-0.2, 0) is 40.8 Å². The normalized spacial score (nSPS) is 12.4. The standard InChI is InChI=1S/C20H24BrF2O4P/c1-3-15-12-18(20(22,23)28(24,25)26)19(21)16(4-2)17(15)13-27-11-10-14-8-6-5-7-9-14/h5-9,12H,3-4,10-11,13H2,1-2H3,(H2,24,25,26). The molecule has 0 radical (unpaired) electrons. The lowest BCUT2D eigenvalue weighted by Crippen LogP contribution is -2.17. The molecule has 154 valence electrons. The second-order valence-corrected chi connectivity index (χ2v) is 8.88. The molecule has 0 atom stereocenters. The van der Waals surface area contributed by atoms with E-state index in [9.17, 15) is 13.3 Å². The second-order valence-electron chi connectivity index (χ2n) is 6.43. The van der Waals surface area contributed by atoms with Crippen LogP contribution in [0.15, 0.2) is 40.9 Å². The first kappa shape index (κ1) is 23.2. The maximum atomic E-state index is 14.4. The van der Waals surface area contributed by atoms with Gasteiger partial charge in [-0.1, -0.05) is 44.2 Å². The molecule has 0 spiro atoms. The second kappa shape index (κ2) is 9.59. The average molecular weight is 477 g/mol. The highest BCUT2D eigenvalue weighted by Gasteiger charge is 2.52. The largest absolute Gasteiger partial charge is 0.399 e. The van der Waals surface area contributed by atoms with Gasteiger partial charge in [0.05, 0.1) is 13.2 Å². The Balaban J connectivity index is 2.29. The molecule has 0 unspecified atom stereocenters. The Morgan fingerprint density at radius 2 is 1.75 bits per heavy atom. The van der Waals surface area contributed by atoms with Gasteiger partial charge < -0.3 is 14.5 Å². The molecule has 2 aromatic rings. The molecule has 0 heterocycles. The molecule has 0 aliphatic heterocycles. The number of alkyl halides is 2. The highest BCUT2D eigenvalue weighted by atomic mass is 79.9. The highest BCUT2D eigenvalue weighted by Crippen LogP contribution is 2.61. The zero-order chi connectivity index (χ0) is 20.9. The van der Waals surface area contributed by atoms with E-state index in [1.807, 2.05) is 44.2 Å². The molecule has 2 N–H and O–H groups in total. The Kier molecular flexibility index (Phi) is 7.94. The summed E-state index contributed by atoms with van der Waals surface area (Å²) in [5.41, 5.74) is -1.82. The number of ether oxygens (including phenoxy) is 1. The Hall–Kier alpha value is -1.11. The molecule has 4 nitrogen and oxygen atoms in total. The van der Waals surface area contributed by atoms with Crippen LogP contribution in [0.3, 0.4) is 0 Å². The van der Waals surface area contributed by atoms with E-state index in [0.29, 0.717) is 30.6 Å². The van der Waals surface area contributed by atoms with Crippen molar-refractivity contribution in [3.63, 3.8) is 0 Å². The lowest BCUT2D eigenvalue weighted by atomic mass is 9.95.